The molecule has 3 aromatic carbocycles. The molecule has 1 amide bonds. The molecule has 0 aliphatic heterocycles. The molecule has 0 fully saturated rings. The molecule has 0 saturated heterocycles. The largest absolute Gasteiger partial charge is 0.495 e. The Morgan fingerprint density at radius 2 is 1.82 bits per heavy atom. The number of methoxy groups -OCH3 is 1. The third-order valence-electron chi connectivity index (χ3n) is 5.05. The minimum atomic E-state index is -4.07. The van der Waals surface area contributed by atoms with Gasteiger partial charge in [0.15, 0.2) is 0 Å². The smallest absolute Gasteiger partial charge is 0.243 e. The molecule has 9 heteroatoms. The van der Waals surface area contributed by atoms with E-state index >= 15 is 0 Å². The quantitative estimate of drug-likeness (QED) is 0.473. The van der Waals surface area contributed by atoms with Crippen LogP contribution in [0.4, 0.5) is 10.1 Å². The first-order chi connectivity index (χ1) is 15.7. The number of ether oxygens (including phenoxy) is 1. The maximum absolute atomic E-state index is 13.6. The number of nitrogens with zero attached hydrogens (tertiary/aromatic N) is 1. The lowest BCUT2D eigenvalue weighted by Crippen LogP contribution is -2.39. The molecule has 0 aliphatic carbocycles. The molecule has 0 radical (unpaired) electrons. The molecule has 0 bridgehead atoms. The fraction of sp³-hybridized carbons (Fsp3) is 0.208. The molecule has 0 unspecified atom stereocenters. The van der Waals surface area contributed by atoms with Gasteiger partial charge in [0, 0.05) is 12.2 Å². The standard InChI is InChI=1S/C24H24ClFN2O4S/c1-17-8-9-19(26)14-22(17)27-24(29)16-28(13-12-18-6-4-3-5-7-18)33(30,31)20-10-11-23(32-2)21(25)15-20/h3-11,14-15H,12-13,16H2,1-2H3,(H,27,29). The number of halogens is 2. The Bertz CT molecular complexity index is 1240. The van der Waals surface area contributed by atoms with E-state index in [-0.39, 0.29) is 22.2 Å². The van der Waals surface area contributed by atoms with Crippen LogP contribution in [0.2, 0.25) is 5.02 Å². The third kappa shape index (κ3) is 6.31. The predicted molar refractivity (Wildman–Crippen MR) is 127 cm³/mol. The molecule has 0 aliphatic rings. The zero-order valence-electron chi connectivity index (χ0n) is 18.2. The van der Waals surface area contributed by atoms with E-state index in [0.29, 0.717) is 17.7 Å². The van der Waals surface area contributed by atoms with E-state index in [9.17, 15) is 17.6 Å². The monoisotopic (exact) mass is 490 g/mol. The van der Waals surface area contributed by atoms with Gasteiger partial charge in [-0.25, -0.2) is 12.8 Å². The molecule has 6 nitrogen and oxygen atoms in total. The number of nitrogens with one attached hydrogen (secondary N) is 1. The number of hydrogen-bond acceptors (Lipinski definition) is 4. The normalized spacial score (nSPS) is 11.4. The second-order valence-electron chi connectivity index (χ2n) is 7.38. The number of carbonyl (C=O) groups is 1. The van der Waals surface area contributed by atoms with Crippen LogP contribution < -0.4 is 10.1 Å². The first-order valence-corrected chi connectivity index (χ1v) is 12.0. The first kappa shape index (κ1) is 24.7. The summed E-state index contributed by atoms with van der Waals surface area (Å²) in [4.78, 5) is 12.7. The average Bonchev–Trinajstić information content (AvgIpc) is 2.79. The summed E-state index contributed by atoms with van der Waals surface area (Å²) in [6.45, 7) is 1.33. The SMILES string of the molecule is COc1ccc(S(=O)(=O)N(CCc2ccccc2)CC(=O)Nc2cc(F)ccc2C)cc1Cl. The highest BCUT2D eigenvalue weighted by molar-refractivity contribution is 7.89. The molecule has 3 rings (SSSR count). The van der Waals surface area contributed by atoms with Crippen LogP contribution in [0, 0.1) is 12.7 Å². The van der Waals surface area contributed by atoms with Crippen molar-refractivity contribution in [3.63, 3.8) is 0 Å². The Morgan fingerprint density at radius 3 is 2.48 bits per heavy atom. The van der Waals surface area contributed by atoms with Crippen molar-refractivity contribution >= 4 is 33.2 Å². The van der Waals surface area contributed by atoms with Crippen LogP contribution in [0.3, 0.4) is 0 Å². The number of sulfonamides is 1. The van der Waals surface area contributed by atoms with Gasteiger partial charge in [0.1, 0.15) is 11.6 Å². The maximum Gasteiger partial charge on any atom is 0.243 e. The van der Waals surface area contributed by atoms with Gasteiger partial charge in [0.05, 0.1) is 23.6 Å². The van der Waals surface area contributed by atoms with Crippen LogP contribution in [-0.4, -0.2) is 38.8 Å². The minimum Gasteiger partial charge on any atom is -0.495 e. The summed E-state index contributed by atoms with van der Waals surface area (Å²) in [5, 5.41) is 2.74. The van der Waals surface area contributed by atoms with Crippen molar-refractivity contribution in [2.75, 3.05) is 25.5 Å². The topological polar surface area (TPSA) is 75.7 Å². The van der Waals surface area contributed by atoms with E-state index in [1.165, 1.54) is 43.5 Å². The second-order valence-corrected chi connectivity index (χ2v) is 9.72. The summed E-state index contributed by atoms with van der Waals surface area (Å²) in [7, 11) is -2.64. The van der Waals surface area contributed by atoms with Crippen LogP contribution in [0.1, 0.15) is 11.1 Å². The highest BCUT2D eigenvalue weighted by Gasteiger charge is 2.27. The van der Waals surface area contributed by atoms with Gasteiger partial charge < -0.3 is 10.1 Å². The van der Waals surface area contributed by atoms with Crippen molar-refractivity contribution in [3.05, 3.63) is 88.7 Å². The van der Waals surface area contributed by atoms with E-state index in [1.807, 2.05) is 30.3 Å². The van der Waals surface area contributed by atoms with Crippen LogP contribution in [0.15, 0.2) is 71.6 Å². The number of carbonyl (C=O) groups excluding carboxylic acids is 1. The Hall–Kier alpha value is -2.94. The lowest BCUT2D eigenvalue weighted by atomic mass is 10.1. The van der Waals surface area contributed by atoms with Gasteiger partial charge in [-0.3, -0.25) is 4.79 Å². The molecule has 1 N–H and O–H groups in total. The van der Waals surface area contributed by atoms with Crippen molar-refractivity contribution in [3.8, 4) is 5.75 Å². The summed E-state index contributed by atoms with van der Waals surface area (Å²) >= 11 is 6.14. The highest BCUT2D eigenvalue weighted by Crippen LogP contribution is 2.28. The number of benzene rings is 3. The molecule has 0 spiro atoms. The summed E-state index contributed by atoms with van der Waals surface area (Å²) < 4.78 is 46.6. The number of hydrogen-bond donors (Lipinski definition) is 1. The Balaban J connectivity index is 1.87. The van der Waals surface area contributed by atoms with Gasteiger partial charge in [0.2, 0.25) is 15.9 Å². The van der Waals surface area contributed by atoms with E-state index in [1.54, 1.807) is 6.92 Å². The molecule has 33 heavy (non-hydrogen) atoms. The summed E-state index contributed by atoms with van der Waals surface area (Å²) in [6, 6.07) is 17.5. The van der Waals surface area contributed by atoms with Crippen LogP contribution in [0.25, 0.3) is 0 Å². The zero-order chi connectivity index (χ0) is 24.0. The van der Waals surface area contributed by atoms with E-state index in [2.05, 4.69) is 5.32 Å². The number of rotatable bonds is 9. The molecule has 0 heterocycles. The van der Waals surface area contributed by atoms with E-state index < -0.39 is 28.3 Å². The summed E-state index contributed by atoms with van der Waals surface area (Å²) in [5.74, 6) is -0.747. The van der Waals surface area contributed by atoms with Gasteiger partial charge in [-0.1, -0.05) is 48.0 Å². The lowest BCUT2D eigenvalue weighted by Gasteiger charge is -2.22. The van der Waals surface area contributed by atoms with Crippen molar-refractivity contribution in [1.29, 1.82) is 0 Å². The highest BCUT2D eigenvalue weighted by atomic mass is 35.5. The van der Waals surface area contributed by atoms with Crippen molar-refractivity contribution in [2.45, 2.75) is 18.2 Å². The molecule has 3 aromatic rings. The number of aryl methyl sites for hydroxylation is 1. The second kappa shape index (κ2) is 10.8. The van der Waals surface area contributed by atoms with Gasteiger partial charge in [0.25, 0.3) is 0 Å². The van der Waals surface area contributed by atoms with Gasteiger partial charge >= 0.3 is 0 Å². The fourth-order valence-corrected chi connectivity index (χ4v) is 4.96. The van der Waals surface area contributed by atoms with E-state index in [4.69, 9.17) is 16.3 Å². The Kier molecular flexibility index (Phi) is 8.07. The number of amides is 1. The fourth-order valence-electron chi connectivity index (χ4n) is 3.22. The van der Waals surface area contributed by atoms with Crippen LogP contribution in [-0.2, 0) is 21.2 Å². The maximum atomic E-state index is 13.6. The lowest BCUT2D eigenvalue weighted by molar-refractivity contribution is -0.116. The van der Waals surface area contributed by atoms with Crippen molar-refractivity contribution in [2.24, 2.45) is 0 Å². The summed E-state index contributed by atoms with van der Waals surface area (Å²) in [6.07, 6.45) is 0.399. The molecular weight excluding hydrogens is 467 g/mol. The van der Waals surface area contributed by atoms with Crippen LogP contribution >= 0.6 is 11.6 Å². The van der Waals surface area contributed by atoms with Gasteiger partial charge in [-0.2, -0.15) is 4.31 Å². The minimum absolute atomic E-state index is 0.0592. The van der Waals surface area contributed by atoms with Gasteiger partial charge in [-0.05, 0) is 54.8 Å². The van der Waals surface area contributed by atoms with Gasteiger partial charge in [-0.15, -0.1) is 0 Å². The average molecular weight is 491 g/mol. The predicted octanol–water partition coefficient (Wildman–Crippen LogP) is 4.67. The van der Waals surface area contributed by atoms with Crippen LogP contribution in [0.5, 0.6) is 5.75 Å². The zero-order valence-corrected chi connectivity index (χ0v) is 19.8. The third-order valence-corrected chi connectivity index (χ3v) is 7.18. The Morgan fingerprint density at radius 1 is 1.09 bits per heavy atom. The van der Waals surface area contributed by atoms with Crippen molar-refractivity contribution < 1.29 is 22.3 Å². The first-order valence-electron chi connectivity index (χ1n) is 10.1. The summed E-state index contributed by atoms with van der Waals surface area (Å²) in [5.41, 5.74) is 1.87. The van der Waals surface area contributed by atoms with Crippen molar-refractivity contribution in [1.82, 2.24) is 4.31 Å². The Labute approximate surface area is 198 Å². The molecule has 0 atom stereocenters. The molecule has 0 aromatic heterocycles. The molecule has 174 valence electrons. The molecular formula is C24H24ClFN2O4S. The number of anilines is 1. The molecule has 0 saturated carbocycles. The van der Waals surface area contributed by atoms with E-state index in [0.717, 1.165) is 9.87 Å².